The van der Waals surface area contributed by atoms with E-state index in [1.807, 2.05) is 0 Å². The molecular formula is C25H19FN2O6S2. The number of sulfonamides is 1. The van der Waals surface area contributed by atoms with Crippen molar-refractivity contribution in [2.24, 2.45) is 0 Å². The molecule has 1 aliphatic heterocycles. The fourth-order valence-corrected chi connectivity index (χ4v) is 5.28. The molecule has 1 aliphatic rings. The molecule has 36 heavy (non-hydrogen) atoms. The second-order valence-corrected chi connectivity index (χ2v) is 10.3. The smallest absolute Gasteiger partial charge is 0.338 e. The molecule has 11 heteroatoms. The summed E-state index contributed by atoms with van der Waals surface area (Å²) in [5.41, 5.74) is 1.88. The first kappa shape index (κ1) is 23.8. The van der Waals surface area contributed by atoms with Crippen molar-refractivity contribution in [2.75, 3.05) is 17.9 Å². The SMILES string of the molecule is O=C(OCc1csc(-c2ccc(F)cc2)n1)c1ccc(NS(=O)(=O)c2ccc3c(c2)OCCO3)cc1. The number of nitrogens with zero attached hydrogens (tertiary/aromatic N) is 1. The fraction of sp³-hybridized carbons (Fsp3) is 0.120. The molecule has 1 aromatic heterocycles. The van der Waals surface area contributed by atoms with Gasteiger partial charge in [0.2, 0.25) is 0 Å². The van der Waals surface area contributed by atoms with Gasteiger partial charge in [-0.3, -0.25) is 4.72 Å². The molecule has 0 bridgehead atoms. The molecule has 2 heterocycles. The number of aromatic nitrogens is 1. The molecule has 0 atom stereocenters. The molecule has 184 valence electrons. The molecule has 0 saturated carbocycles. The van der Waals surface area contributed by atoms with Gasteiger partial charge in [0.1, 0.15) is 30.6 Å². The summed E-state index contributed by atoms with van der Waals surface area (Å²) in [6.07, 6.45) is 0. The Balaban J connectivity index is 1.19. The zero-order valence-corrected chi connectivity index (χ0v) is 20.3. The number of carbonyl (C=O) groups excluding carboxylic acids is 1. The number of fused-ring (bicyclic) bond motifs is 1. The maximum atomic E-state index is 13.1. The quantitative estimate of drug-likeness (QED) is 0.342. The highest BCUT2D eigenvalue weighted by Crippen LogP contribution is 2.33. The van der Waals surface area contributed by atoms with Gasteiger partial charge in [-0.2, -0.15) is 0 Å². The average Bonchev–Trinajstić information content (AvgIpc) is 3.37. The summed E-state index contributed by atoms with van der Waals surface area (Å²) in [5.74, 6) is -0.0429. The van der Waals surface area contributed by atoms with Crippen LogP contribution in [0.25, 0.3) is 10.6 Å². The Morgan fingerprint density at radius 1 is 1.00 bits per heavy atom. The molecule has 0 spiro atoms. The van der Waals surface area contributed by atoms with Gasteiger partial charge in [-0.25, -0.2) is 22.6 Å². The summed E-state index contributed by atoms with van der Waals surface area (Å²) in [5, 5.41) is 2.46. The highest BCUT2D eigenvalue weighted by atomic mass is 32.2. The third-order valence-corrected chi connectivity index (χ3v) is 7.51. The van der Waals surface area contributed by atoms with E-state index in [2.05, 4.69) is 9.71 Å². The van der Waals surface area contributed by atoms with Crippen molar-refractivity contribution < 1.29 is 31.8 Å². The maximum Gasteiger partial charge on any atom is 0.338 e. The lowest BCUT2D eigenvalue weighted by Gasteiger charge is -2.19. The number of anilines is 1. The topological polar surface area (TPSA) is 104 Å². The molecule has 8 nitrogen and oxygen atoms in total. The number of hydrogen-bond donors (Lipinski definition) is 1. The normalized spacial score (nSPS) is 12.7. The van der Waals surface area contributed by atoms with E-state index in [0.29, 0.717) is 35.4 Å². The van der Waals surface area contributed by atoms with Crippen LogP contribution in [0.2, 0.25) is 0 Å². The molecule has 5 rings (SSSR count). The average molecular weight is 527 g/mol. The zero-order chi connectivity index (χ0) is 25.1. The van der Waals surface area contributed by atoms with Gasteiger partial charge in [0.05, 0.1) is 16.2 Å². The summed E-state index contributed by atoms with van der Waals surface area (Å²) >= 11 is 1.36. The third-order valence-electron chi connectivity index (χ3n) is 5.19. The maximum absolute atomic E-state index is 13.1. The van der Waals surface area contributed by atoms with E-state index in [9.17, 15) is 17.6 Å². The standard InChI is InChI=1S/C25H19FN2O6S2/c26-18-5-1-16(2-6-18)24-27-20(15-35-24)14-34-25(29)17-3-7-19(8-4-17)28-36(30,31)21-9-10-22-23(13-21)33-12-11-32-22/h1-10,13,15,28H,11-12,14H2. The van der Waals surface area contributed by atoms with Crippen LogP contribution < -0.4 is 14.2 Å². The molecule has 1 N–H and O–H groups in total. The number of halogens is 1. The van der Waals surface area contributed by atoms with Gasteiger partial charge in [-0.05, 0) is 60.7 Å². The Morgan fingerprint density at radius 2 is 1.72 bits per heavy atom. The van der Waals surface area contributed by atoms with E-state index in [1.165, 1.54) is 59.9 Å². The lowest BCUT2D eigenvalue weighted by atomic mass is 10.2. The van der Waals surface area contributed by atoms with Crippen molar-refractivity contribution in [1.29, 1.82) is 0 Å². The Labute approximate surface area is 210 Å². The summed E-state index contributed by atoms with van der Waals surface area (Å²) in [6.45, 7) is 0.724. The lowest BCUT2D eigenvalue weighted by molar-refractivity contribution is 0.0468. The van der Waals surface area contributed by atoms with Crippen molar-refractivity contribution in [2.45, 2.75) is 11.5 Å². The van der Waals surface area contributed by atoms with Gasteiger partial charge in [0.15, 0.2) is 11.5 Å². The molecule has 0 unspecified atom stereocenters. The van der Waals surface area contributed by atoms with Crippen LogP contribution in [-0.4, -0.2) is 32.6 Å². The number of rotatable bonds is 7. The predicted molar refractivity (Wildman–Crippen MR) is 131 cm³/mol. The second-order valence-electron chi connectivity index (χ2n) is 7.72. The van der Waals surface area contributed by atoms with E-state index in [0.717, 1.165) is 5.56 Å². The van der Waals surface area contributed by atoms with Gasteiger partial charge in [-0.1, -0.05) is 0 Å². The first-order chi connectivity index (χ1) is 17.4. The van der Waals surface area contributed by atoms with Crippen LogP contribution in [0.15, 0.2) is 77.0 Å². The van der Waals surface area contributed by atoms with Crippen molar-refractivity contribution in [1.82, 2.24) is 4.98 Å². The molecule has 4 aromatic rings. The Bertz CT molecular complexity index is 1500. The van der Waals surface area contributed by atoms with Crippen LogP contribution in [-0.2, 0) is 21.4 Å². The van der Waals surface area contributed by atoms with Crippen molar-refractivity contribution >= 4 is 33.0 Å². The largest absolute Gasteiger partial charge is 0.486 e. The van der Waals surface area contributed by atoms with E-state index in [4.69, 9.17) is 14.2 Å². The van der Waals surface area contributed by atoms with E-state index in [1.54, 1.807) is 23.6 Å². The third kappa shape index (κ3) is 5.31. The minimum absolute atomic E-state index is 0.0264. The van der Waals surface area contributed by atoms with E-state index >= 15 is 0 Å². The summed E-state index contributed by atoms with van der Waals surface area (Å²) in [4.78, 5) is 16.9. The van der Waals surface area contributed by atoms with Gasteiger partial charge in [-0.15, -0.1) is 11.3 Å². The van der Waals surface area contributed by atoms with Crippen LogP contribution in [0.4, 0.5) is 10.1 Å². The summed E-state index contributed by atoms with van der Waals surface area (Å²) in [6, 6.07) is 16.2. The molecule has 0 radical (unpaired) electrons. The molecule has 0 fully saturated rings. The van der Waals surface area contributed by atoms with Crippen LogP contribution >= 0.6 is 11.3 Å². The minimum atomic E-state index is -3.88. The van der Waals surface area contributed by atoms with Crippen LogP contribution in [0.5, 0.6) is 11.5 Å². The predicted octanol–water partition coefficient (Wildman–Crippen LogP) is 4.88. The highest BCUT2D eigenvalue weighted by Gasteiger charge is 2.20. The van der Waals surface area contributed by atoms with Crippen molar-refractivity contribution in [3.63, 3.8) is 0 Å². The Kier molecular flexibility index (Phi) is 6.57. The first-order valence-corrected chi connectivity index (χ1v) is 13.1. The van der Waals surface area contributed by atoms with Crippen LogP contribution in [0, 0.1) is 5.82 Å². The Morgan fingerprint density at radius 3 is 2.47 bits per heavy atom. The van der Waals surface area contributed by atoms with Crippen molar-refractivity contribution in [3.05, 3.63) is 89.2 Å². The summed E-state index contributed by atoms with van der Waals surface area (Å²) in [7, 11) is -3.88. The van der Waals surface area contributed by atoms with Gasteiger partial charge in [0, 0.05) is 22.7 Å². The molecule has 0 saturated heterocycles. The van der Waals surface area contributed by atoms with Gasteiger partial charge < -0.3 is 14.2 Å². The fourth-order valence-electron chi connectivity index (χ4n) is 3.40. The number of ether oxygens (including phenoxy) is 3. The molecular weight excluding hydrogens is 507 g/mol. The number of esters is 1. The molecule has 0 amide bonds. The van der Waals surface area contributed by atoms with E-state index in [-0.39, 0.29) is 28.6 Å². The highest BCUT2D eigenvalue weighted by molar-refractivity contribution is 7.92. The van der Waals surface area contributed by atoms with Gasteiger partial charge in [0.25, 0.3) is 10.0 Å². The monoisotopic (exact) mass is 526 g/mol. The van der Waals surface area contributed by atoms with Crippen LogP contribution in [0.3, 0.4) is 0 Å². The number of benzene rings is 3. The molecule has 0 aliphatic carbocycles. The summed E-state index contributed by atoms with van der Waals surface area (Å²) < 4.78 is 57.3. The Hall–Kier alpha value is -3.96. The molecule has 3 aromatic carbocycles. The zero-order valence-electron chi connectivity index (χ0n) is 18.6. The number of hydrogen-bond acceptors (Lipinski definition) is 8. The number of carbonyl (C=O) groups is 1. The second kappa shape index (κ2) is 9.96. The van der Waals surface area contributed by atoms with Crippen molar-refractivity contribution in [3.8, 4) is 22.1 Å². The number of thiazole rings is 1. The minimum Gasteiger partial charge on any atom is -0.486 e. The van der Waals surface area contributed by atoms with Crippen LogP contribution in [0.1, 0.15) is 16.1 Å². The number of nitrogens with one attached hydrogen (secondary N) is 1. The van der Waals surface area contributed by atoms with E-state index < -0.39 is 16.0 Å². The first-order valence-electron chi connectivity index (χ1n) is 10.8. The van der Waals surface area contributed by atoms with Gasteiger partial charge >= 0.3 is 5.97 Å². The lowest BCUT2D eigenvalue weighted by Crippen LogP contribution is -2.17.